The maximum Gasteiger partial charge on any atom is 0.236 e. The molecule has 0 aromatic heterocycles. The number of nitrogens with one attached hydrogen (secondary N) is 2. The summed E-state index contributed by atoms with van der Waals surface area (Å²) in [6.45, 7) is 21.4. The van der Waals surface area contributed by atoms with Crippen molar-refractivity contribution in [2.75, 3.05) is 13.1 Å². The molecule has 2 saturated carbocycles. The lowest BCUT2D eigenvalue weighted by Crippen LogP contribution is -2.40. The molecule has 0 aromatic rings. The molecule has 2 fully saturated rings. The van der Waals surface area contributed by atoms with Crippen molar-refractivity contribution in [1.82, 2.24) is 10.6 Å². The minimum atomic E-state index is -0.493. The molecule has 2 amide bonds. The predicted octanol–water partition coefficient (Wildman–Crippen LogP) is 7.03. The van der Waals surface area contributed by atoms with Crippen molar-refractivity contribution in [2.45, 2.75) is 88.7 Å². The molecule has 4 nitrogen and oxygen atoms in total. The highest BCUT2D eigenvalue weighted by Gasteiger charge is 2.34. The van der Waals surface area contributed by atoms with Gasteiger partial charge in [0, 0.05) is 13.1 Å². The molecule has 2 aliphatic carbocycles. The smallest absolute Gasteiger partial charge is 0.236 e. The average molecular weight is 605 g/mol. The summed E-state index contributed by atoms with van der Waals surface area (Å²) in [7, 11) is 0. The lowest BCUT2D eigenvalue weighted by molar-refractivity contribution is -0.123. The Labute approximate surface area is 225 Å². The number of amides is 2. The first-order chi connectivity index (χ1) is 15.8. The normalized spacial score (nSPS) is 29.1. The summed E-state index contributed by atoms with van der Waals surface area (Å²) < 4.78 is -0.940. The second-order valence-electron chi connectivity index (χ2n) is 11.2. The van der Waals surface area contributed by atoms with Gasteiger partial charge in [0.1, 0.15) is 0 Å². The van der Waals surface area contributed by atoms with E-state index in [-0.39, 0.29) is 11.8 Å². The molecule has 0 spiro atoms. The van der Waals surface area contributed by atoms with Gasteiger partial charge in [-0.2, -0.15) is 0 Å². The Morgan fingerprint density at radius 3 is 1.71 bits per heavy atom. The number of halogens is 2. The zero-order valence-electron chi connectivity index (χ0n) is 22.3. The molecule has 2 N–H and O–H groups in total. The van der Waals surface area contributed by atoms with Crippen LogP contribution in [0.15, 0.2) is 25.3 Å². The maximum atomic E-state index is 11.8. The van der Waals surface area contributed by atoms with E-state index in [4.69, 9.17) is 0 Å². The van der Waals surface area contributed by atoms with Gasteiger partial charge in [0.2, 0.25) is 11.8 Å². The molecular formula is C28H48Br2N2O2. The summed E-state index contributed by atoms with van der Waals surface area (Å²) in [6.07, 6.45) is 11.4. The van der Waals surface area contributed by atoms with E-state index < -0.39 is 8.65 Å². The Bertz CT molecular complexity index is 681. The molecule has 6 heteroatoms. The molecule has 0 heterocycles. The largest absolute Gasteiger partial charge is 0.355 e. The molecule has 2 rings (SSSR count). The van der Waals surface area contributed by atoms with Gasteiger partial charge in [-0.3, -0.25) is 9.59 Å². The third-order valence-electron chi connectivity index (χ3n) is 7.59. The van der Waals surface area contributed by atoms with Gasteiger partial charge in [-0.1, -0.05) is 70.7 Å². The highest BCUT2D eigenvalue weighted by atomic mass is 79.9. The summed E-state index contributed by atoms with van der Waals surface area (Å²) in [5.41, 5.74) is 0. The summed E-state index contributed by atoms with van der Waals surface area (Å²) in [4.78, 5) is 23.6. The molecule has 0 bridgehead atoms. The van der Waals surface area contributed by atoms with E-state index in [0.29, 0.717) is 23.7 Å². The maximum absolute atomic E-state index is 11.8. The van der Waals surface area contributed by atoms with Gasteiger partial charge in [0.05, 0.1) is 8.65 Å². The molecule has 6 unspecified atom stereocenters. The third-order valence-corrected chi connectivity index (χ3v) is 8.31. The first-order valence-electron chi connectivity index (χ1n) is 13.0. The quantitative estimate of drug-likeness (QED) is 0.208. The number of allylic oxidation sites excluding steroid dienone is 2. The second kappa shape index (κ2) is 14.2. The molecule has 0 aliphatic heterocycles. The lowest BCUT2D eigenvalue weighted by Gasteiger charge is -2.21. The van der Waals surface area contributed by atoms with Crippen LogP contribution in [0.25, 0.3) is 0 Å². The first-order valence-corrected chi connectivity index (χ1v) is 14.5. The van der Waals surface area contributed by atoms with Crippen LogP contribution in [0.4, 0.5) is 0 Å². The van der Waals surface area contributed by atoms with Crippen LogP contribution in [-0.2, 0) is 9.59 Å². The second-order valence-corrected chi connectivity index (χ2v) is 15.1. The van der Waals surface area contributed by atoms with Gasteiger partial charge in [-0.25, -0.2) is 0 Å². The number of carbonyl (C=O) groups excluding carboxylic acids is 2. The SMILES string of the molecule is C=CC1CC(C=C)C(CNC(=O)C(C)(C)Br)C1.CCC1CC(CC)C(CNC(=O)C(C)(C)Br)C1. The molecule has 0 aromatic carbocycles. The van der Waals surface area contributed by atoms with E-state index in [9.17, 15) is 9.59 Å². The molecule has 0 radical (unpaired) electrons. The van der Waals surface area contributed by atoms with Gasteiger partial charge in [-0.05, 0) is 88.9 Å². The number of hydrogen-bond acceptors (Lipinski definition) is 2. The fourth-order valence-corrected chi connectivity index (χ4v) is 5.49. The van der Waals surface area contributed by atoms with Gasteiger partial charge >= 0.3 is 0 Å². The summed E-state index contributed by atoms with van der Waals surface area (Å²) in [5, 5.41) is 6.09. The van der Waals surface area contributed by atoms with Gasteiger partial charge < -0.3 is 10.6 Å². The molecular weight excluding hydrogens is 556 g/mol. The van der Waals surface area contributed by atoms with Crippen LogP contribution in [0.2, 0.25) is 0 Å². The Morgan fingerprint density at radius 1 is 0.794 bits per heavy atom. The van der Waals surface area contributed by atoms with Crippen LogP contribution in [0.3, 0.4) is 0 Å². The van der Waals surface area contributed by atoms with Crippen LogP contribution < -0.4 is 10.6 Å². The minimum Gasteiger partial charge on any atom is -0.355 e. The number of alkyl halides is 2. The fraction of sp³-hybridized carbons (Fsp3) is 0.786. The monoisotopic (exact) mass is 602 g/mol. The van der Waals surface area contributed by atoms with E-state index in [2.05, 4.69) is 69.5 Å². The van der Waals surface area contributed by atoms with E-state index in [1.54, 1.807) is 0 Å². The Morgan fingerprint density at radius 2 is 1.29 bits per heavy atom. The van der Waals surface area contributed by atoms with Gasteiger partial charge in [0.25, 0.3) is 0 Å². The highest BCUT2D eigenvalue weighted by Crippen LogP contribution is 2.39. The van der Waals surface area contributed by atoms with Crippen molar-refractivity contribution in [3.05, 3.63) is 25.3 Å². The molecule has 196 valence electrons. The van der Waals surface area contributed by atoms with Crippen molar-refractivity contribution in [2.24, 2.45) is 35.5 Å². The standard InChI is InChI=1S/C14H26BrNO.C14H22BrNO/c2*1-5-10-7-11(6-2)12(8-10)9-16-13(17)14(3,4)15/h10-12H,5-9H2,1-4H3,(H,16,17);5-6,10-12H,1-2,7-9H2,3-4H3,(H,16,17). The van der Waals surface area contributed by atoms with Crippen LogP contribution in [0.1, 0.15) is 80.1 Å². The molecule has 0 saturated heterocycles. The average Bonchev–Trinajstić information content (AvgIpc) is 3.37. The van der Waals surface area contributed by atoms with E-state index in [0.717, 1.165) is 37.8 Å². The highest BCUT2D eigenvalue weighted by molar-refractivity contribution is 9.10. The van der Waals surface area contributed by atoms with Crippen LogP contribution in [-0.4, -0.2) is 33.6 Å². The fourth-order valence-electron chi connectivity index (χ4n) is 5.21. The number of hydrogen-bond donors (Lipinski definition) is 2. The van der Waals surface area contributed by atoms with Crippen molar-refractivity contribution in [1.29, 1.82) is 0 Å². The Balaban J connectivity index is 0.000000340. The van der Waals surface area contributed by atoms with Gasteiger partial charge in [0.15, 0.2) is 0 Å². The summed E-state index contributed by atoms with van der Waals surface area (Å²) in [6, 6.07) is 0. The number of carbonyl (C=O) groups is 2. The first kappa shape index (κ1) is 31.4. The lowest BCUT2D eigenvalue weighted by atomic mass is 9.93. The van der Waals surface area contributed by atoms with Crippen LogP contribution in [0.5, 0.6) is 0 Å². The summed E-state index contributed by atoms with van der Waals surface area (Å²) in [5.74, 6) is 4.07. The molecule has 2 aliphatic rings. The Hall–Kier alpha value is -0.620. The molecule has 34 heavy (non-hydrogen) atoms. The third kappa shape index (κ3) is 10.2. The van der Waals surface area contributed by atoms with Crippen molar-refractivity contribution >= 4 is 43.7 Å². The van der Waals surface area contributed by atoms with E-state index in [1.807, 2.05) is 39.8 Å². The van der Waals surface area contributed by atoms with E-state index in [1.165, 1.54) is 25.7 Å². The number of rotatable bonds is 10. The van der Waals surface area contributed by atoms with Crippen LogP contribution in [0, 0.1) is 35.5 Å². The Kier molecular flexibility index (Phi) is 13.1. The zero-order valence-corrected chi connectivity index (χ0v) is 25.4. The van der Waals surface area contributed by atoms with Crippen molar-refractivity contribution < 1.29 is 9.59 Å². The predicted molar refractivity (Wildman–Crippen MR) is 152 cm³/mol. The van der Waals surface area contributed by atoms with E-state index >= 15 is 0 Å². The van der Waals surface area contributed by atoms with Crippen molar-refractivity contribution in [3.8, 4) is 0 Å². The summed E-state index contributed by atoms with van der Waals surface area (Å²) >= 11 is 6.76. The zero-order chi connectivity index (χ0) is 26.1. The minimum absolute atomic E-state index is 0.0439. The van der Waals surface area contributed by atoms with Gasteiger partial charge in [-0.15, -0.1) is 13.2 Å². The van der Waals surface area contributed by atoms with Crippen molar-refractivity contribution in [3.63, 3.8) is 0 Å². The topological polar surface area (TPSA) is 58.2 Å². The molecule has 6 atom stereocenters. The van der Waals surface area contributed by atoms with Crippen LogP contribution >= 0.6 is 31.9 Å².